The second-order valence-electron chi connectivity index (χ2n) is 6.84. The Hall–Kier alpha value is -1.81. The molecule has 0 atom stereocenters. The van der Waals surface area contributed by atoms with Crippen LogP contribution in [0.2, 0.25) is 0 Å². The molecule has 22 heavy (non-hydrogen) atoms. The fraction of sp³-hybridized carbons (Fsp3) is 0.500. The Balaban J connectivity index is 1.53. The molecule has 3 aliphatic rings. The lowest BCUT2D eigenvalue weighted by atomic mass is 9.73. The molecule has 1 aromatic heterocycles. The highest BCUT2D eigenvalue weighted by Crippen LogP contribution is 2.40. The highest BCUT2D eigenvalue weighted by molar-refractivity contribution is 6.05. The molecule has 0 amide bonds. The van der Waals surface area contributed by atoms with Crippen molar-refractivity contribution in [3.8, 4) is 0 Å². The molecule has 4 heterocycles. The Morgan fingerprint density at radius 2 is 1.91 bits per heavy atom. The van der Waals surface area contributed by atoms with Crippen molar-refractivity contribution in [1.82, 2.24) is 9.88 Å². The summed E-state index contributed by atoms with van der Waals surface area (Å²) < 4.78 is 5.76. The maximum atomic E-state index is 12.6. The van der Waals surface area contributed by atoms with Gasteiger partial charge in [0.15, 0.2) is 0 Å². The number of hydrogen-bond donors (Lipinski definition) is 1. The van der Waals surface area contributed by atoms with Gasteiger partial charge in [0.05, 0.1) is 12.2 Å². The van der Waals surface area contributed by atoms with Gasteiger partial charge in [0.25, 0.3) is 0 Å². The van der Waals surface area contributed by atoms with Crippen molar-refractivity contribution in [2.24, 2.45) is 5.41 Å². The number of rotatable bonds is 3. The van der Waals surface area contributed by atoms with Crippen LogP contribution >= 0.6 is 0 Å². The van der Waals surface area contributed by atoms with Gasteiger partial charge in [-0.3, -0.25) is 0 Å². The molecule has 4 nitrogen and oxygen atoms in total. The fourth-order valence-electron chi connectivity index (χ4n) is 3.94. The third kappa shape index (κ3) is 2.22. The molecule has 3 saturated heterocycles. The SMILES string of the molecule is Cc1[nH]c2ccccc2c1C(=O)OCC12CCN(CC1)CC2. The van der Waals surface area contributed by atoms with E-state index in [0.717, 1.165) is 55.5 Å². The summed E-state index contributed by atoms with van der Waals surface area (Å²) >= 11 is 0. The molecule has 5 rings (SSSR count). The normalized spacial score (nSPS) is 27.2. The first-order valence-electron chi connectivity index (χ1n) is 8.14. The van der Waals surface area contributed by atoms with E-state index in [0.29, 0.717) is 12.2 Å². The van der Waals surface area contributed by atoms with Gasteiger partial charge in [0.1, 0.15) is 0 Å². The number of ether oxygens (including phenoxy) is 1. The first kappa shape index (κ1) is 13.8. The minimum Gasteiger partial charge on any atom is -0.461 e. The lowest BCUT2D eigenvalue weighted by Gasteiger charge is -2.47. The van der Waals surface area contributed by atoms with Crippen molar-refractivity contribution in [3.63, 3.8) is 0 Å². The summed E-state index contributed by atoms with van der Waals surface area (Å²) in [6.07, 6.45) is 3.48. The number of nitrogens with one attached hydrogen (secondary N) is 1. The number of benzene rings is 1. The largest absolute Gasteiger partial charge is 0.461 e. The second-order valence-corrected chi connectivity index (χ2v) is 6.84. The Morgan fingerprint density at radius 1 is 1.23 bits per heavy atom. The zero-order chi connectivity index (χ0) is 15.2. The molecular formula is C18H22N2O2. The van der Waals surface area contributed by atoms with Crippen molar-refractivity contribution in [1.29, 1.82) is 0 Å². The lowest BCUT2D eigenvalue weighted by molar-refractivity contribution is -0.0305. The third-order valence-electron chi connectivity index (χ3n) is 5.48. The van der Waals surface area contributed by atoms with Crippen LogP contribution in [0.15, 0.2) is 24.3 Å². The lowest BCUT2D eigenvalue weighted by Crippen LogP contribution is -2.50. The van der Waals surface area contributed by atoms with Crippen LogP contribution in [0.3, 0.4) is 0 Å². The molecule has 3 fully saturated rings. The fourth-order valence-corrected chi connectivity index (χ4v) is 3.94. The first-order valence-corrected chi connectivity index (χ1v) is 8.14. The van der Waals surface area contributed by atoms with Crippen LogP contribution in [-0.2, 0) is 4.74 Å². The maximum absolute atomic E-state index is 12.6. The molecule has 0 aliphatic carbocycles. The number of aromatic amines is 1. The van der Waals surface area contributed by atoms with E-state index in [1.54, 1.807) is 0 Å². The van der Waals surface area contributed by atoms with E-state index in [9.17, 15) is 4.79 Å². The van der Waals surface area contributed by atoms with Gasteiger partial charge in [-0.2, -0.15) is 0 Å². The van der Waals surface area contributed by atoms with Gasteiger partial charge in [-0.25, -0.2) is 4.79 Å². The Bertz CT molecular complexity index is 697. The van der Waals surface area contributed by atoms with E-state index in [-0.39, 0.29) is 11.4 Å². The molecule has 2 aromatic rings. The minimum absolute atomic E-state index is 0.183. The smallest absolute Gasteiger partial charge is 0.340 e. The Labute approximate surface area is 130 Å². The molecule has 1 aromatic carbocycles. The predicted molar refractivity (Wildman–Crippen MR) is 86.0 cm³/mol. The van der Waals surface area contributed by atoms with Crippen LogP contribution in [0, 0.1) is 12.3 Å². The summed E-state index contributed by atoms with van der Waals surface area (Å²) in [7, 11) is 0. The van der Waals surface area contributed by atoms with Crippen LogP contribution in [0.1, 0.15) is 35.3 Å². The van der Waals surface area contributed by atoms with Gasteiger partial charge in [0, 0.05) is 22.0 Å². The molecule has 3 aliphatic heterocycles. The van der Waals surface area contributed by atoms with E-state index in [4.69, 9.17) is 4.74 Å². The Morgan fingerprint density at radius 3 is 2.64 bits per heavy atom. The molecule has 0 saturated carbocycles. The predicted octanol–water partition coefficient (Wildman–Crippen LogP) is 3.12. The van der Waals surface area contributed by atoms with Gasteiger partial charge in [-0.15, -0.1) is 0 Å². The van der Waals surface area contributed by atoms with Crippen molar-refractivity contribution >= 4 is 16.9 Å². The zero-order valence-electron chi connectivity index (χ0n) is 13.0. The summed E-state index contributed by atoms with van der Waals surface area (Å²) in [4.78, 5) is 18.4. The maximum Gasteiger partial charge on any atom is 0.340 e. The van der Waals surface area contributed by atoms with E-state index in [2.05, 4.69) is 9.88 Å². The van der Waals surface area contributed by atoms with Crippen LogP contribution in [0.5, 0.6) is 0 Å². The van der Waals surface area contributed by atoms with Gasteiger partial charge >= 0.3 is 5.97 Å². The zero-order valence-corrected chi connectivity index (χ0v) is 13.0. The summed E-state index contributed by atoms with van der Waals surface area (Å²) in [5.74, 6) is -0.183. The van der Waals surface area contributed by atoms with Crippen molar-refractivity contribution in [2.45, 2.75) is 26.2 Å². The molecule has 1 N–H and O–H groups in total. The van der Waals surface area contributed by atoms with E-state index in [1.165, 1.54) is 0 Å². The second kappa shape index (κ2) is 5.13. The number of aryl methyl sites for hydroxylation is 1. The molecule has 0 unspecified atom stereocenters. The molecule has 0 spiro atoms. The monoisotopic (exact) mass is 298 g/mol. The highest BCUT2D eigenvalue weighted by Gasteiger charge is 2.40. The minimum atomic E-state index is -0.183. The van der Waals surface area contributed by atoms with Crippen LogP contribution in [0.25, 0.3) is 10.9 Å². The average Bonchev–Trinajstić information content (AvgIpc) is 2.90. The van der Waals surface area contributed by atoms with E-state index >= 15 is 0 Å². The number of carbonyl (C=O) groups is 1. The molecule has 4 heteroatoms. The first-order chi connectivity index (χ1) is 10.7. The summed E-state index contributed by atoms with van der Waals surface area (Å²) in [6, 6.07) is 7.91. The van der Waals surface area contributed by atoms with Crippen molar-refractivity contribution < 1.29 is 9.53 Å². The molecule has 116 valence electrons. The molecule has 0 radical (unpaired) electrons. The number of hydrogen-bond acceptors (Lipinski definition) is 3. The number of carbonyl (C=O) groups excluding carboxylic acids is 1. The van der Waals surface area contributed by atoms with Crippen molar-refractivity contribution in [3.05, 3.63) is 35.5 Å². The number of H-pyrrole nitrogens is 1. The molecule has 2 bridgehead atoms. The number of fused-ring (bicyclic) bond motifs is 4. The number of esters is 1. The highest BCUT2D eigenvalue weighted by atomic mass is 16.5. The summed E-state index contributed by atoms with van der Waals surface area (Å²) in [5, 5.41) is 0.959. The van der Waals surface area contributed by atoms with Crippen molar-refractivity contribution in [2.75, 3.05) is 26.2 Å². The van der Waals surface area contributed by atoms with Crippen LogP contribution < -0.4 is 0 Å². The average molecular weight is 298 g/mol. The van der Waals surface area contributed by atoms with Crippen LogP contribution in [-0.4, -0.2) is 42.1 Å². The number of piperidine rings is 3. The third-order valence-corrected chi connectivity index (χ3v) is 5.48. The topological polar surface area (TPSA) is 45.3 Å². The van der Waals surface area contributed by atoms with Gasteiger partial charge in [-0.05, 0) is 51.9 Å². The summed E-state index contributed by atoms with van der Waals surface area (Å²) in [6.45, 7) is 5.98. The quantitative estimate of drug-likeness (QED) is 0.886. The van der Waals surface area contributed by atoms with Gasteiger partial charge in [0.2, 0.25) is 0 Å². The van der Waals surface area contributed by atoms with Gasteiger partial charge in [-0.1, -0.05) is 18.2 Å². The number of para-hydroxylation sites is 1. The molecular weight excluding hydrogens is 276 g/mol. The Kier molecular flexibility index (Phi) is 3.22. The number of aromatic nitrogens is 1. The summed E-state index contributed by atoms with van der Waals surface area (Å²) in [5.41, 5.74) is 2.81. The van der Waals surface area contributed by atoms with Crippen LogP contribution in [0.4, 0.5) is 0 Å². The van der Waals surface area contributed by atoms with Gasteiger partial charge < -0.3 is 14.6 Å². The number of nitrogens with zero attached hydrogens (tertiary/aromatic N) is 1. The van der Waals surface area contributed by atoms with E-state index < -0.39 is 0 Å². The van der Waals surface area contributed by atoms with E-state index in [1.807, 2.05) is 31.2 Å². The standard InChI is InChI=1S/C18H22N2O2/c1-13-16(14-4-2-3-5-15(14)19-13)17(21)22-12-18-6-9-20(10-7-18)11-8-18/h2-5,19H,6-12H2,1H3.